The molecule has 0 spiro atoms. The summed E-state index contributed by atoms with van der Waals surface area (Å²) in [4.78, 5) is 11.8. The molecule has 88 valence electrons. The highest BCUT2D eigenvalue weighted by atomic mass is 16.3. The van der Waals surface area contributed by atoms with Crippen LogP contribution >= 0.6 is 0 Å². The van der Waals surface area contributed by atoms with E-state index in [4.69, 9.17) is 11.5 Å². The first kappa shape index (κ1) is 11.1. The highest BCUT2D eigenvalue weighted by molar-refractivity contribution is 5.34. The number of nitrogens with two attached hydrogens (primary N) is 2. The molecule has 1 atom stereocenters. The third-order valence-electron chi connectivity index (χ3n) is 2.47. The average molecular weight is 231 g/mol. The number of aromatic nitrogens is 3. The summed E-state index contributed by atoms with van der Waals surface area (Å²) in [6, 6.07) is 6.83. The summed E-state index contributed by atoms with van der Waals surface area (Å²) in [7, 11) is 0. The van der Waals surface area contributed by atoms with E-state index in [0.717, 1.165) is 5.56 Å². The SMILES string of the molecule is CC(c1ccc(O)cc1)c1nc(N)nc(N)n1. The number of aromatic hydroxyl groups is 1. The molecule has 0 saturated carbocycles. The number of anilines is 2. The van der Waals surface area contributed by atoms with Crippen molar-refractivity contribution in [3.8, 4) is 5.75 Å². The van der Waals surface area contributed by atoms with Gasteiger partial charge in [0.1, 0.15) is 11.6 Å². The van der Waals surface area contributed by atoms with Crippen LogP contribution in [-0.4, -0.2) is 20.1 Å². The third-order valence-corrected chi connectivity index (χ3v) is 2.47. The minimum Gasteiger partial charge on any atom is -0.508 e. The molecule has 1 aromatic heterocycles. The van der Waals surface area contributed by atoms with Crippen LogP contribution in [-0.2, 0) is 0 Å². The molecule has 1 heterocycles. The minimum atomic E-state index is -0.0665. The number of hydrogen-bond acceptors (Lipinski definition) is 6. The van der Waals surface area contributed by atoms with Gasteiger partial charge in [-0.3, -0.25) is 0 Å². The van der Waals surface area contributed by atoms with Crippen LogP contribution in [0, 0.1) is 0 Å². The normalized spacial score (nSPS) is 12.3. The van der Waals surface area contributed by atoms with Gasteiger partial charge in [0.15, 0.2) is 0 Å². The number of nitrogen functional groups attached to an aromatic ring is 2. The molecule has 17 heavy (non-hydrogen) atoms. The molecule has 0 amide bonds. The van der Waals surface area contributed by atoms with Crippen molar-refractivity contribution < 1.29 is 5.11 Å². The molecule has 2 aromatic rings. The van der Waals surface area contributed by atoms with E-state index >= 15 is 0 Å². The monoisotopic (exact) mass is 231 g/mol. The number of benzene rings is 1. The van der Waals surface area contributed by atoms with Crippen molar-refractivity contribution in [2.24, 2.45) is 0 Å². The summed E-state index contributed by atoms with van der Waals surface area (Å²) in [6.07, 6.45) is 0. The molecular weight excluding hydrogens is 218 g/mol. The van der Waals surface area contributed by atoms with Gasteiger partial charge in [0.05, 0.1) is 0 Å². The van der Waals surface area contributed by atoms with Crippen molar-refractivity contribution in [1.82, 2.24) is 15.0 Å². The van der Waals surface area contributed by atoms with Crippen LogP contribution < -0.4 is 11.5 Å². The second kappa shape index (κ2) is 4.25. The van der Waals surface area contributed by atoms with Crippen LogP contribution in [0.4, 0.5) is 11.9 Å². The predicted molar refractivity (Wildman–Crippen MR) is 64.3 cm³/mol. The number of rotatable bonds is 2. The Morgan fingerprint density at radius 2 is 1.53 bits per heavy atom. The van der Waals surface area contributed by atoms with Crippen LogP contribution in [0.3, 0.4) is 0 Å². The quantitative estimate of drug-likeness (QED) is 0.707. The molecule has 1 aromatic carbocycles. The van der Waals surface area contributed by atoms with Gasteiger partial charge in [0.2, 0.25) is 11.9 Å². The fourth-order valence-electron chi connectivity index (χ4n) is 1.53. The van der Waals surface area contributed by atoms with Gasteiger partial charge in [0, 0.05) is 5.92 Å². The van der Waals surface area contributed by atoms with Gasteiger partial charge >= 0.3 is 0 Å². The van der Waals surface area contributed by atoms with Gasteiger partial charge in [-0.2, -0.15) is 15.0 Å². The van der Waals surface area contributed by atoms with Crippen LogP contribution in [0.15, 0.2) is 24.3 Å². The Morgan fingerprint density at radius 1 is 1.00 bits per heavy atom. The van der Waals surface area contributed by atoms with Gasteiger partial charge < -0.3 is 16.6 Å². The Labute approximate surface area is 98.4 Å². The lowest BCUT2D eigenvalue weighted by molar-refractivity contribution is 0.475. The molecule has 0 radical (unpaired) electrons. The first-order valence-electron chi connectivity index (χ1n) is 5.12. The molecule has 0 aliphatic heterocycles. The van der Waals surface area contributed by atoms with Crippen molar-refractivity contribution >= 4 is 11.9 Å². The topological polar surface area (TPSA) is 111 Å². The third kappa shape index (κ3) is 2.41. The molecule has 2 rings (SSSR count). The van der Waals surface area contributed by atoms with Crippen molar-refractivity contribution in [3.05, 3.63) is 35.7 Å². The van der Waals surface area contributed by atoms with Gasteiger partial charge in [-0.1, -0.05) is 19.1 Å². The molecule has 0 fully saturated rings. The maximum Gasteiger partial charge on any atom is 0.225 e. The fourth-order valence-corrected chi connectivity index (χ4v) is 1.53. The Hall–Kier alpha value is -2.37. The largest absolute Gasteiger partial charge is 0.508 e. The molecule has 1 unspecified atom stereocenters. The Bertz CT molecular complexity index is 506. The van der Waals surface area contributed by atoms with Gasteiger partial charge in [-0.05, 0) is 17.7 Å². The highest BCUT2D eigenvalue weighted by Gasteiger charge is 2.13. The lowest BCUT2D eigenvalue weighted by Crippen LogP contribution is -2.09. The first-order valence-corrected chi connectivity index (χ1v) is 5.12. The molecule has 6 nitrogen and oxygen atoms in total. The molecular formula is C11H13N5O. The van der Waals surface area contributed by atoms with E-state index in [0.29, 0.717) is 5.82 Å². The second-order valence-corrected chi connectivity index (χ2v) is 3.72. The maximum absolute atomic E-state index is 9.22. The minimum absolute atomic E-state index is 0.0665. The van der Waals surface area contributed by atoms with Gasteiger partial charge in [-0.15, -0.1) is 0 Å². The molecule has 5 N–H and O–H groups in total. The van der Waals surface area contributed by atoms with E-state index < -0.39 is 0 Å². The lowest BCUT2D eigenvalue weighted by atomic mass is 10.0. The van der Waals surface area contributed by atoms with E-state index in [2.05, 4.69) is 15.0 Å². The van der Waals surface area contributed by atoms with Crippen molar-refractivity contribution in [1.29, 1.82) is 0 Å². The van der Waals surface area contributed by atoms with E-state index in [1.165, 1.54) is 0 Å². The van der Waals surface area contributed by atoms with Crippen LogP contribution in [0.1, 0.15) is 24.2 Å². The number of hydrogen-bond donors (Lipinski definition) is 3. The number of phenolic OH excluding ortho intramolecular Hbond substituents is 1. The van der Waals surface area contributed by atoms with Crippen molar-refractivity contribution in [2.75, 3.05) is 11.5 Å². The lowest BCUT2D eigenvalue weighted by Gasteiger charge is -2.11. The van der Waals surface area contributed by atoms with E-state index in [1.54, 1.807) is 24.3 Å². The Kier molecular flexibility index (Phi) is 2.78. The Balaban J connectivity index is 2.36. The zero-order chi connectivity index (χ0) is 12.4. The van der Waals surface area contributed by atoms with Crippen LogP contribution in [0.25, 0.3) is 0 Å². The fraction of sp³-hybridized carbons (Fsp3) is 0.182. The molecule has 0 aliphatic rings. The summed E-state index contributed by atoms with van der Waals surface area (Å²) >= 11 is 0. The Morgan fingerprint density at radius 3 is 2.06 bits per heavy atom. The van der Waals surface area contributed by atoms with Gasteiger partial charge in [-0.25, -0.2) is 0 Å². The standard InChI is InChI=1S/C11H13N5O/c1-6(7-2-4-8(17)5-3-7)9-14-10(12)16-11(13)15-9/h2-6,17H,1H3,(H4,12,13,14,15,16). The predicted octanol–water partition coefficient (Wildman–Crippen LogP) is 0.893. The van der Waals surface area contributed by atoms with E-state index in [1.807, 2.05) is 6.92 Å². The second-order valence-electron chi connectivity index (χ2n) is 3.72. The molecule has 0 bridgehead atoms. The smallest absolute Gasteiger partial charge is 0.225 e. The van der Waals surface area contributed by atoms with E-state index in [-0.39, 0.29) is 23.6 Å². The number of nitrogens with zero attached hydrogens (tertiary/aromatic N) is 3. The summed E-state index contributed by atoms with van der Waals surface area (Å²) in [5.41, 5.74) is 12.0. The zero-order valence-electron chi connectivity index (χ0n) is 9.33. The summed E-state index contributed by atoms with van der Waals surface area (Å²) in [6.45, 7) is 1.93. The van der Waals surface area contributed by atoms with Crippen molar-refractivity contribution in [3.63, 3.8) is 0 Å². The summed E-state index contributed by atoms with van der Waals surface area (Å²) in [5.74, 6) is 0.885. The first-order chi connectivity index (χ1) is 8.06. The summed E-state index contributed by atoms with van der Waals surface area (Å²) in [5, 5.41) is 9.22. The zero-order valence-corrected chi connectivity index (χ0v) is 9.33. The summed E-state index contributed by atoms with van der Waals surface area (Å²) < 4.78 is 0. The van der Waals surface area contributed by atoms with E-state index in [9.17, 15) is 5.11 Å². The van der Waals surface area contributed by atoms with Crippen LogP contribution in [0.5, 0.6) is 5.75 Å². The highest BCUT2D eigenvalue weighted by Crippen LogP contribution is 2.23. The molecule has 0 aliphatic carbocycles. The molecule has 6 heteroatoms. The average Bonchev–Trinajstić information content (AvgIpc) is 2.28. The van der Waals surface area contributed by atoms with Gasteiger partial charge in [0.25, 0.3) is 0 Å². The van der Waals surface area contributed by atoms with Crippen molar-refractivity contribution in [2.45, 2.75) is 12.8 Å². The number of phenols is 1. The molecule has 0 saturated heterocycles. The maximum atomic E-state index is 9.22. The van der Waals surface area contributed by atoms with Crippen LogP contribution in [0.2, 0.25) is 0 Å².